The highest BCUT2D eigenvalue weighted by Crippen LogP contribution is 2.25. The second-order valence-electron chi connectivity index (χ2n) is 9.38. The Labute approximate surface area is 208 Å². The van der Waals surface area contributed by atoms with Crippen LogP contribution in [0.15, 0.2) is 42.5 Å². The van der Waals surface area contributed by atoms with Crippen LogP contribution in [0, 0.1) is 11.8 Å². The summed E-state index contributed by atoms with van der Waals surface area (Å²) in [6, 6.07) is 15.1. The molecule has 1 N–H and O–H groups in total. The minimum atomic E-state index is 0.563. The number of hydrogen-bond acceptors (Lipinski definition) is 4. The molecule has 0 saturated carbocycles. The van der Waals surface area contributed by atoms with E-state index >= 15 is 0 Å². The Morgan fingerprint density at radius 1 is 1.03 bits per heavy atom. The molecule has 0 radical (unpaired) electrons. The number of halogens is 1. The molecule has 3 aromatic rings. The smallest absolute Gasteiger partial charge is 0.186 e. The monoisotopic (exact) mass is 475 g/mol. The van der Waals surface area contributed by atoms with E-state index in [-0.39, 0.29) is 0 Å². The number of piperidine rings is 1. The summed E-state index contributed by atoms with van der Waals surface area (Å²) in [4.78, 5) is 10.3. The molecule has 178 valence electrons. The molecule has 0 spiro atoms. The summed E-state index contributed by atoms with van der Waals surface area (Å²) in [7, 11) is 0. The average molecular weight is 476 g/mol. The minimum absolute atomic E-state index is 0.563. The Hall–Kier alpha value is -2.52. The standard InChI is InChI=1S/C28H34ClN5/c1-2-34-26-8-5-7-22(21-32-19-14-25(15-20-32)33-17-3-4-18-33)28(26)31-27(34)9-6-16-30-24-12-10-23(29)11-13-24/h5,7-8,10-13,25,30H,2-4,14-21H2,1H3. The number of aryl methyl sites for hydroxylation is 1. The number of nitrogens with one attached hydrogen (secondary N) is 1. The third-order valence-corrected chi connectivity index (χ3v) is 7.46. The average Bonchev–Trinajstić information content (AvgIpc) is 3.52. The van der Waals surface area contributed by atoms with Gasteiger partial charge in [-0.3, -0.25) is 4.90 Å². The topological polar surface area (TPSA) is 36.3 Å². The molecule has 0 aliphatic carbocycles. The first-order chi connectivity index (χ1) is 16.7. The molecule has 0 amide bonds. The van der Waals surface area contributed by atoms with E-state index in [4.69, 9.17) is 16.6 Å². The van der Waals surface area contributed by atoms with Crippen molar-refractivity contribution in [3.8, 4) is 11.8 Å². The van der Waals surface area contributed by atoms with Crippen molar-refractivity contribution in [1.29, 1.82) is 0 Å². The lowest BCUT2D eigenvalue weighted by Gasteiger charge is -2.36. The molecule has 2 aromatic carbocycles. The first kappa shape index (κ1) is 23.2. The normalized spacial score (nSPS) is 17.7. The van der Waals surface area contributed by atoms with Crippen LogP contribution in [0.1, 0.15) is 44.0 Å². The van der Waals surface area contributed by atoms with Gasteiger partial charge in [-0.15, -0.1) is 0 Å². The van der Waals surface area contributed by atoms with E-state index in [0.29, 0.717) is 6.54 Å². The van der Waals surface area contributed by atoms with Crippen molar-refractivity contribution in [2.45, 2.75) is 51.7 Å². The highest BCUT2D eigenvalue weighted by molar-refractivity contribution is 6.30. The van der Waals surface area contributed by atoms with Crippen molar-refractivity contribution in [2.75, 3.05) is 38.0 Å². The zero-order valence-corrected chi connectivity index (χ0v) is 20.8. The van der Waals surface area contributed by atoms with E-state index in [9.17, 15) is 0 Å². The largest absolute Gasteiger partial charge is 0.374 e. The molecule has 34 heavy (non-hydrogen) atoms. The van der Waals surface area contributed by atoms with Crippen LogP contribution in [0.2, 0.25) is 5.02 Å². The maximum atomic E-state index is 5.96. The molecule has 2 aliphatic heterocycles. The first-order valence-corrected chi connectivity index (χ1v) is 13.0. The van der Waals surface area contributed by atoms with Gasteiger partial charge < -0.3 is 14.8 Å². The summed E-state index contributed by atoms with van der Waals surface area (Å²) in [5.74, 6) is 7.38. The summed E-state index contributed by atoms with van der Waals surface area (Å²) in [5.41, 5.74) is 4.60. The Morgan fingerprint density at radius 2 is 1.79 bits per heavy atom. The molecule has 5 nitrogen and oxygen atoms in total. The summed E-state index contributed by atoms with van der Waals surface area (Å²) < 4.78 is 2.23. The third-order valence-electron chi connectivity index (χ3n) is 7.21. The number of fused-ring (bicyclic) bond motifs is 1. The maximum absolute atomic E-state index is 5.96. The summed E-state index contributed by atoms with van der Waals surface area (Å²) in [6.07, 6.45) is 5.34. The van der Waals surface area contributed by atoms with E-state index in [0.717, 1.165) is 41.2 Å². The van der Waals surface area contributed by atoms with Gasteiger partial charge in [0.15, 0.2) is 5.82 Å². The lowest BCUT2D eigenvalue weighted by atomic mass is 10.0. The molecule has 1 aromatic heterocycles. The van der Waals surface area contributed by atoms with E-state index in [1.807, 2.05) is 24.3 Å². The molecule has 2 fully saturated rings. The second kappa shape index (κ2) is 10.8. The molecule has 0 unspecified atom stereocenters. The van der Waals surface area contributed by atoms with Gasteiger partial charge in [0.2, 0.25) is 0 Å². The summed E-state index contributed by atoms with van der Waals surface area (Å²) >= 11 is 5.96. The lowest BCUT2D eigenvalue weighted by molar-refractivity contribution is 0.123. The van der Waals surface area contributed by atoms with Gasteiger partial charge in [-0.05, 0) is 101 Å². The second-order valence-corrected chi connectivity index (χ2v) is 9.81. The van der Waals surface area contributed by atoms with Crippen LogP contribution < -0.4 is 5.32 Å². The van der Waals surface area contributed by atoms with Crippen molar-refractivity contribution < 1.29 is 0 Å². The van der Waals surface area contributed by atoms with E-state index in [2.05, 4.69) is 56.6 Å². The van der Waals surface area contributed by atoms with Gasteiger partial charge in [-0.1, -0.05) is 29.7 Å². The first-order valence-electron chi connectivity index (χ1n) is 12.6. The predicted octanol–water partition coefficient (Wildman–Crippen LogP) is 5.23. The van der Waals surface area contributed by atoms with Gasteiger partial charge in [-0.25, -0.2) is 4.98 Å². The maximum Gasteiger partial charge on any atom is 0.186 e. The van der Waals surface area contributed by atoms with E-state index in [1.54, 1.807) is 0 Å². The van der Waals surface area contributed by atoms with Gasteiger partial charge >= 0.3 is 0 Å². The number of anilines is 1. The zero-order chi connectivity index (χ0) is 23.3. The van der Waals surface area contributed by atoms with Gasteiger partial charge in [-0.2, -0.15) is 0 Å². The van der Waals surface area contributed by atoms with Gasteiger partial charge in [0, 0.05) is 29.8 Å². The van der Waals surface area contributed by atoms with Crippen LogP contribution in [-0.4, -0.2) is 58.1 Å². The molecule has 3 heterocycles. The van der Waals surface area contributed by atoms with Crippen LogP contribution in [0.4, 0.5) is 5.69 Å². The van der Waals surface area contributed by atoms with Gasteiger partial charge in [0.1, 0.15) is 0 Å². The molecule has 6 heteroatoms. The number of nitrogens with zero attached hydrogens (tertiary/aromatic N) is 4. The van der Waals surface area contributed by atoms with Crippen LogP contribution >= 0.6 is 11.6 Å². The van der Waals surface area contributed by atoms with Gasteiger partial charge in [0.05, 0.1) is 17.6 Å². The number of rotatable bonds is 6. The molecule has 2 aliphatic rings. The summed E-state index contributed by atoms with van der Waals surface area (Å²) in [5, 5.41) is 4.06. The highest BCUT2D eigenvalue weighted by Gasteiger charge is 2.26. The predicted molar refractivity (Wildman–Crippen MR) is 141 cm³/mol. The molecular formula is C28H34ClN5. The number of aromatic nitrogens is 2. The van der Waals surface area contributed by atoms with Gasteiger partial charge in [0.25, 0.3) is 0 Å². The fourth-order valence-electron chi connectivity index (χ4n) is 5.38. The Bertz CT molecular complexity index is 1160. The van der Waals surface area contributed by atoms with E-state index in [1.165, 1.54) is 62.9 Å². The van der Waals surface area contributed by atoms with Crippen molar-refractivity contribution in [3.63, 3.8) is 0 Å². The minimum Gasteiger partial charge on any atom is -0.374 e. The quantitative estimate of drug-likeness (QED) is 0.495. The molecule has 0 atom stereocenters. The third kappa shape index (κ3) is 5.25. The number of hydrogen-bond donors (Lipinski definition) is 1. The van der Waals surface area contributed by atoms with Crippen LogP contribution in [0.25, 0.3) is 11.0 Å². The molecule has 5 rings (SSSR count). The van der Waals surface area contributed by atoms with Crippen molar-refractivity contribution in [3.05, 3.63) is 58.9 Å². The van der Waals surface area contributed by atoms with Crippen LogP contribution in [0.3, 0.4) is 0 Å². The Morgan fingerprint density at radius 3 is 2.53 bits per heavy atom. The highest BCUT2D eigenvalue weighted by atomic mass is 35.5. The Balaban J connectivity index is 1.26. The molecule has 2 saturated heterocycles. The number of benzene rings is 2. The fourth-order valence-corrected chi connectivity index (χ4v) is 5.50. The fraction of sp³-hybridized carbons (Fsp3) is 0.464. The SMILES string of the molecule is CCn1c(C#CCNc2ccc(Cl)cc2)nc2c(CN3CCC(N4CCCC4)CC3)cccc21. The Kier molecular flexibility index (Phi) is 7.39. The van der Waals surface area contributed by atoms with Crippen LogP contribution in [0.5, 0.6) is 0 Å². The van der Waals surface area contributed by atoms with Crippen molar-refractivity contribution in [1.82, 2.24) is 19.4 Å². The molecular weight excluding hydrogens is 442 g/mol. The molecule has 0 bridgehead atoms. The van der Waals surface area contributed by atoms with Crippen molar-refractivity contribution in [2.24, 2.45) is 0 Å². The lowest BCUT2D eigenvalue weighted by Crippen LogP contribution is -2.43. The number of para-hydroxylation sites is 1. The van der Waals surface area contributed by atoms with Crippen LogP contribution in [-0.2, 0) is 13.1 Å². The number of likely N-dealkylation sites (tertiary alicyclic amines) is 2. The van der Waals surface area contributed by atoms with E-state index < -0.39 is 0 Å². The van der Waals surface area contributed by atoms with Crippen molar-refractivity contribution >= 4 is 28.3 Å². The zero-order valence-electron chi connectivity index (χ0n) is 20.1. The number of imidazole rings is 1. The summed E-state index contributed by atoms with van der Waals surface area (Å²) in [6.45, 7) is 9.51.